The quantitative estimate of drug-likeness (QED) is 0.671. The molecule has 2 N–H and O–H groups in total. The van der Waals surface area contributed by atoms with E-state index in [1.807, 2.05) is 32.0 Å². The molecule has 3 rings (SSSR count). The molecule has 7 nitrogen and oxygen atoms in total. The van der Waals surface area contributed by atoms with Crippen molar-refractivity contribution in [1.29, 1.82) is 0 Å². The number of aromatic nitrogens is 2. The standard InChI is InChI=1S/C21H22N4O3/c1-13-5-6-14(2)16(9-13)24-20-12-22-18(11-23-20)21(26)25-17-10-15(27-3)7-8-19(17)28-4/h5-12H,1-4H3,(H,23,24)(H,25,26). The second kappa shape index (κ2) is 8.39. The van der Waals surface area contributed by atoms with Crippen LogP contribution >= 0.6 is 0 Å². The van der Waals surface area contributed by atoms with Gasteiger partial charge in [-0.2, -0.15) is 0 Å². The van der Waals surface area contributed by atoms with E-state index < -0.39 is 5.91 Å². The molecular weight excluding hydrogens is 356 g/mol. The van der Waals surface area contributed by atoms with Crippen LogP contribution in [0.25, 0.3) is 0 Å². The Hall–Kier alpha value is -3.61. The maximum Gasteiger partial charge on any atom is 0.275 e. The Kier molecular flexibility index (Phi) is 5.74. The number of nitrogens with zero attached hydrogens (tertiary/aromatic N) is 2. The molecule has 28 heavy (non-hydrogen) atoms. The van der Waals surface area contributed by atoms with Crippen molar-refractivity contribution in [3.63, 3.8) is 0 Å². The van der Waals surface area contributed by atoms with Gasteiger partial charge in [-0.15, -0.1) is 0 Å². The van der Waals surface area contributed by atoms with Crippen LogP contribution in [0.3, 0.4) is 0 Å². The predicted molar refractivity (Wildman–Crippen MR) is 109 cm³/mol. The summed E-state index contributed by atoms with van der Waals surface area (Å²) < 4.78 is 10.5. The Morgan fingerprint density at radius 2 is 1.75 bits per heavy atom. The van der Waals surface area contributed by atoms with E-state index in [1.165, 1.54) is 19.5 Å². The number of anilines is 3. The summed E-state index contributed by atoms with van der Waals surface area (Å²) in [4.78, 5) is 21.0. The summed E-state index contributed by atoms with van der Waals surface area (Å²) in [5.41, 5.74) is 3.87. The molecule has 1 aromatic heterocycles. The maximum absolute atomic E-state index is 12.5. The van der Waals surface area contributed by atoms with Gasteiger partial charge in [0.2, 0.25) is 0 Å². The second-order valence-corrected chi connectivity index (χ2v) is 6.25. The first kappa shape index (κ1) is 19.2. The largest absolute Gasteiger partial charge is 0.497 e. The molecule has 0 aliphatic rings. The molecule has 0 saturated carbocycles. The highest BCUT2D eigenvalue weighted by Gasteiger charge is 2.13. The van der Waals surface area contributed by atoms with Crippen LogP contribution in [0.2, 0.25) is 0 Å². The first-order valence-electron chi connectivity index (χ1n) is 8.70. The summed E-state index contributed by atoms with van der Waals surface area (Å²) >= 11 is 0. The van der Waals surface area contributed by atoms with Gasteiger partial charge in [0.25, 0.3) is 5.91 Å². The molecule has 7 heteroatoms. The topological polar surface area (TPSA) is 85.4 Å². The van der Waals surface area contributed by atoms with Gasteiger partial charge >= 0.3 is 0 Å². The maximum atomic E-state index is 12.5. The van der Waals surface area contributed by atoms with Crippen molar-refractivity contribution in [3.05, 3.63) is 65.6 Å². The number of nitrogens with one attached hydrogen (secondary N) is 2. The number of hydrogen-bond acceptors (Lipinski definition) is 6. The Morgan fingerprint density at radius 1 is 0.929 bits per heavy atom. The zero-order valence-electron chi connectivity index (χ0n) is 16.2. The SMILES string of the molecule is COc1ccc(OC)c(NC(=O)c2cnc(Nc3cc(C)ccc3C)cn2)c1. The molecule has 144 valence electrons. The minimum Gasteiger partial charge on any atom is -0.497 e. The van der Waals surface area contributed by atoms with Crippen molar-refractivity contribution < 1.29 is 14.3 Å². The number of methoxy groups -OCH3 is 2. The third kappa shape index (κ3) is 4.37. The van der Waals surface area contributed by atoms with Crippen LogP contribution in [0.5, 0.6) is 11.5 Å². The van der Waals surface area contributed by atoms with E-state index in [0.29, 0.717) is 23.0 Å². The summed E-state index contributed by atoms with van der Waals surface area (Å²) in [6.07, 6.45) is 2.95. The van der Waals surface area contributed by atoms with Crippen molar-refractivity contribution in [2.75, 3.05) is 24.9 Å². The van der Waals surface area contributed by atoms with E-state index in [-0.39, 0.29) is 5.69 Å². The number of amides is 1. The molecule has 2 aromatic carbocycles. The molecule has 0 aliphatic heterocycles. The lowest BCUT2D eigenvalue weighted by Gasteiger charge is -2.12. The molecule has 0 unspecified atom stereocenters. The van der Waals surface area contributed by atoms with Gasteiger partial charge in [-0.3, -0.25) is 4.79 Å². The summed E-state index contributed by atoms with van der Waals surface area (Å²) in [7, 11) is 3.09. The summed E-state index contributed by atoms with van der Waals surface area (Å²) in [5, 5.41) is 5.99. The first-order valence-corrected chi connectivity index (χ1v) is 8.70. The third-order valence-electron chi connectivity index (χ3n) is 4.20. The van der Waals surface area contributed by atoms with E-state index in [4.69, 9.17) is 9.47 Å². The highest BCUT2D eigenvalue weighted by Crippen LogP contribution is 2.29. The van der Waals surface area contributed by atoms with Gasteiger partial charge in [0.15, 0.2) is 0 Å². The molecule has 0 fully saturated rings. The Balaban J connectivity index is 1.74. The first-order chi connectivity index (χ1) is 13.5. The van der Waals surface area contributed by atoms with Gasteiger partial charge < -0.3 is 20.1 Å². The number of carbonyl (C=O) groups excluding carboxylic acids is 1. The van der Waals surface area contributed by atoms with Gasteiger partial charge in [-0.25, -0.2) is 9.97 Å². The molecule has 1 heterocycles. The number of benzene rings is 2. The normalized spacial score (nSPS) is 10.3. The fraction of sp³-hybridized carbons (Fsp3) is 0.190. The number of carbonyl (C=O) groups is 1. The van der Waals surface area contributed by atoms with Crippen LogP contribution in [0.15, 0.2) is 48.8 Å². The molecule has 0 bridgehead atoms. The third-order valence-corrected chi connectivity index (χ3v) is 4.20. The number of rotatable bonds is 6. The lowest BCUT2D eigenvalue weighted by atomic mass is 10.1. The number of hydrogen-bond donors (Lipinski definition) is 2. The van der Waals surface area contributed by atoms with E-state index in [1.54, 1.807) is 25.3 Å². The smallest absolute Gasteiger partial charge is 0.275 e. The van der Waals surface area contributed by atoms with Gasteiger partial charge in [0, 0.05) is 11.8 Å². The van der Waals surface area contributed by atoms with E-state index in [2.05, 4.69) is 20.6 Å². The van der Waals surface area contributed by atoms with Crippen molar-refractivity contribution in [3.8, 4) is 11.5 Å². The predicted octanol–water partition coefficient (Wildman–Crippen LogP) is 4.11. The summed E-state index contributed by atoms with van der Waals surface area (Å²) in [6, 6.07) is 11.3. The molecule has 0 spiro atoms. The molecule has 0 radical (unpaired) electrons. The summed E-state index contributed by atoms with van der Waals surface area (Å²) in [6.45, 7) is 4.04. The Bertz CT molecular complexity index is 987. The van der Waals surface area contributed by atoms with Gasteiger partial charge in [0.1, 0.15) is 23.0 Å². The average molecular weight is 378 g/mol. The molecule has 0 aliphatic carbocycles. The minimum atomic E-state index is -0.391. The zero-order valence-corrected chi connectivity index (χ0v) is 16.2. The van der Waals surface area contributed by atoms with Crippen LogP contribution < -0.4 is 20.1 Å². The van der Waals surface area contributed by atoms with Crippen molar-refractivity contribution in [2.45, 2.75) is 13.8 Å². The second-order valence-electron chi connectivity index (χ2n) is 6.25. The highest BCUT2D eigenvalue weighted by atomic mass is 16.5. The monoisotopic (exact) mass is 378 g/mol. The Labute approximate surface area is 163 Å². The molecule has 0 atom stereocenters. The molecule has 1 amide bonds. The van der Waals surface area contributed by atoms with Gasteiger partial charge in [-0.1, -0.05) is 12.1 Å². The van der Waals surface area contributed by atoms with Crippen molar-refractivity contribution in [1.82, 2.24) is 9.97 Å². The molecule has 0 saturated heterocycles. The van der Waals surface area contributed by atoms with Crippen LogP contribution in [-0.2, 0) is 0 Å². The van der Waals surface area contributed by atoms with Gasteiger partial charge in [0.05, 0.1) is 32.3 Å². The van der Waals surface area contributed by atoms with Crippen LogP contribution in [0.4, 0.5) is 17.2 Å². The van der Waals surface area contributed by atoms with E-state index in [0.717, 1.165) is 16.8 Å². The van der Waals surface area contributed by atoms with E-state index >= 15 is 0 Å². The lowest BCUT2D eigenvalue weighted by molar-refractivity contribution is 0.102. The Morgan fingerprint density at radius 3 is 2.43 bits per heavy atom. The van der Waals surface area contributed by atoms with E-state index in [9.17, 15) is 4.79 Å². The average Bonchev–Trinajstić information content (AvgIpc) is 2.71. The van der Waals surface area contributed by atoms with Crippen LogP contribution in [0.1, 0.15) is 21.6 Å². The lowest BCUT2D eigenvalue weighted by Crippen LogP contribution is -2.15. The van der Waals surface area contributed by atoms with Crippen molar-refractivity contribution in [2.24, 2.45) is 0 Å². The van der Waals surface area contributed by atoms with Crippen LogP contribution in [-0.4, -0.2) is 30.1 Å². The molecular formula is C21H22N4O3. The highest BCUT2D eigenvalue weighted by molar-refractivity contribution is 6.03. The van der Waals surface area contributed by atoms with Crippen molar-refractivity contribution >= 4 is 23.1 Å². The minimum absolute atomic E-state index is 0.191. The zero-order chi connectivity index (χ0) is 20.1. The summed E-state index contributed by atoms with van der Waals surface area (Å²) in [5.74, 6) is 1.30. The fourth-order valence-electron chi connectivity index (χ4n) is 2.62. The van der Waals surface area contributed by atoms with Gasteiger partial charge in [-0.05, 0) is 43.2 Å². The fourth-order valence-corrected chi connectivity index (χ4v) is 2.62. The van der Waals surface area contributed by atoms with Crippen LogP contribution in [0, 0.1) is 13.8 Å². The number of ether oxygens (including phenoxy) is 2. The number of aryl methyl sites for hydroxylation is 2. The molecule has 3 aromatic rings.